The zero-order valence-corrected chi connectivity index (χ0v) is 13.5. The van der Waals surface area contributed by atoms with Gasteiger partial charge in [0.25, 0.3) is 0 Å². The number of carbonyl (C=O) groups is 1. The highest BCUT2D eigenvalue weighted by atomic mass is 35.5. The van der Waals surface area contributed by atoms with E-state index in [2.05, 4.69) is 20.8 Å². The topological polar surface area (TPSA) is 80.1 Å². The quantitative estimate of drug-likeness (QED) is 0.740. The Morgan fingerprint density at radius 2 is 1.79 bits per heavy atom. The second-order valence-corrected chi connectivity index (χ2v) is 5.38. The summed E-state index contributed by atoms with van der Waals surface area (Å²) >= 11 is 6.10. The molecule has 0 fully saturated rings. The van der Waals surface area contributed by atoms with Gasteiger partial charge in [0, 0.05) is 18.7 Å². The summed E-state index contributed by atoms with van der Waals surface area (Å²) in [6.45, 7) is 0.378. The highest BCUT2D eigenvalue weighted by Crippen LogP contribution is 2.26. The number of hydrogen-bond acceptors (Lipinski definition) is 4. The standard InChI is InChI=1S/C17H15ClN4O2/c18-14-9-5-4-8-13(14)16-22-21-15(24-16)10-11-19-17(23)20-12-6-2-1-3-7-12/h1-9H,10-11H2,(H2,19,20,23). The van der Waals surface area contributed by atoms with Gasteiger partial charge < -0.3 is 15.1 Å². The molecule has 1 aromatic heterocycles. The first-order valence-corrected chi connectivity index (χ1v) is 7.77. The molecule has 7 heteroatoms. The van der Waals surface area contributed by atoms with Crippen LogP contribution in [0, 0.1) is 0 Å². The minimum absolute atomic E-state index is 0.285. The second kappa shape index (κ2) is 7.61. The smallest absolute Gasteiger partial charge is 0.319 e. The van der Waals surface area contributed by atoms with Crippen LogP contribution in [0.5, 0.6) is 0 Å². The molecule has 0 aliphatic carbocycles. The number of rotatable bonds is 5. The van der Waals surface area contributed by atoms with Gasteiger partial charge in [-0.3, -0.25) is 0 Å². The van der Waals surface area contributed by atoms with Crippen molar-refractivity contribution in [2.75, 3.05) is 11.9 Å². The molecular formula is C17H15ClN4O2. The fraction of sp³-hybridized carbons (Fsp3) is 0.118. The van der Waals surface area contributed by atoms with Gasteiger partial charge in [-0.1, -0.05) is 41.9 Å². The van der Waals surface area contributed by atoms with Gasteiger partial charge in [0.05, 0.1) is 10.6 Å². The Hall–Kier alpha value is -2.86. The number of urea groups is 1. The van der Waals surface area contributed by atoms with Crippen LogP contribution in [0.15, 0.2) is 59.0 Å². The lowest BCUT2D eigenvalue weighted by Crippen LogP contribution is -2.30. The third-order valence-electron chi connectivity index (χ3n) is 3.23. The summed E-state index contributed by atoms with van der Waals surface area (Å²) in [5.41, 5.74) is 1.42. The molecule has 0 unspecified atom stereocenters. The summed E-state index contributed by atoms with van der Waals surface area (Å²) in [7, 11) is 0. The first-order chi connectivity index (χ1) is 11.7. The van der Waals surface area contributed by atoms with Crippen molar-refractivity contribution in [1.82, 2.24) is 15.5 Å². The minimum atomic E-state index is -0.285. The molecule has 1 heterocycles. The zero-order valence-electron chi connectivity index (χ0n) is 12.7. The van der Waals surface area contributed by atoms with Crippen molar-refractivity contribution in [1.29, 1.82) is 0 Å². The van der Waals surface area contributed by atoms with Crippen molar-refractivity contribution in [3.05, 3.63) is 65.5 Å². The lowest BCUT2D eigenvalue weighted by atomic mass is 10.2. The molecule has 0 atom stereocenters. The maximum Gasteiger partial charge on any atom is 0.319 e. The Kier molecular flexibility index (Phi) is 5.08. The average molecular weight is 343 g/mol. The maximum absolute atomic E-state index is 11.8. The molecule has 122 valence electrons. The van der Waals surface area contributed by atoms with Gasteiger partial charge in [0.1, 0.15) is 0 Å². The molecule has 0 spiro atoms. The maximum atomic E-state index is 11.8. The number of hydrogen-bond donors (Lipinski definition) is 2. The average Bonchev–Trinajstić information content (AvgIpc) is 3.05. The number of para-hydroxylation sites is 1. The number of benzene rings is 2. The normalized spacial score (nSPS) is 10.4. The number of aromatic nitrogens is 2. The predicted octanol–water partition coefficient (Wildman–Crippen LogP) is 3.75. The molecule has 0 bridgehead atoms. The fourth-order valence-electron chi connectivity index (χ4n) is 2.08. The van der Waals surface area contributed by atoms with Crippen LogP contribution in [-0.2, 0) is 6.42 Å². The van der Waals surface area contributed by atoms with E-state index in [1.807, 2.05) is 48.5 Å². The zero-order chi connectivity index (χ0) is 16.8. The lowest BCUT2D eigenvalue weighted by molar-refractivity contribution is 0.252. The highest BCUT2D eigenvalue weighted by molar-refractivity contribution is 6.33. The van der Waals surface area contributed by atoms with E-state index in [0.717, 1.165) is 5.69 Å². The number of anilines is 1. The Labute approximate surface area is 143 Å². The number of nitrogens with one attached hydrogen (secondary N) is 2. The summed E-state index contributed by atoms with van der Waals surface area (Å²) in [5.74, 6) is 0.800. The van der Waals surface area contributed by atoms with Gasteiger partial charge in [0.15, 0.2) is 0 Å². The molecule has 0 radical (unpaired) electrons. The van der Waals surface area contributed by atoms with Gasteiger partial charge >= 0.3 is 6.03 Å². The lowest BCUT2D eigenvalue weighted by Gasteiger charge is -2.06. The highest BCUT2D eigenvalue weighted by Gasteiger charge is 2.11. The third-order valence-corrected chi connectivity index (χ3v) is 3.56. The minimum Gasteiger partial charge on any atom is -0.421 e. The van der Waals surface area contributed by atoms with Crippen molar-refractivity contribution in [2.24, 2.45) is 0 Å². The molecule has 6 nitrogen and oxygen atoms in total. The summed E-state index contributed by atoms with van der Waals surface area (Å²) in [6, 6.07) is 16.2. The molecule has 0 aliphatic heterocycles. The van der Waals surface area contributed by atoms with Crippen molar-refractivity contribution < 1.29 is 9.21 Å². The Morgan fingerprint density at radius 1 is 1.04 bits per heavy atom. The molecule has 0 aliphatic rings. The van der Waals surface area contributed by atoms with E-state index in [9.17, 15) is 4.79 Å². The van der Waals surface area contributed by atoms with Gasteiger partial charge in [-0.25, -0.2) is 4.79 Å². The van der Waals surface area contributed by atoms with Crippen LogP contribution in [0.25, 0.3) is 11.5 Å². The Balaban J connectivity index is 1.51. The van der Waals surface area contributed by atoms with E-state index in [-0.39, 0.29) is 6.03 Å². The Bertz CT molecular complexity index is 820. The van der Waals surface area contributed by atoms with Gasteiger partial charge in [-0.05, 0) is 24.3 Å². The van der Waals surface area contributed by atoms with Crippen LogP contribution < -0.4 is 10.6 Å². The third kappa shape index (κ3) is 4.11. The monoisotopic (exact) mass is 342 g/mol. The first kappa shape index (κ1) is 16.0. The molecule has 0 saturated carbocycles. The fourth-order valence-corrected chi connectivity index (χ4v) is 2.29. The van der Waals surface area contributed by atoms with E-state index >= 15 is 0 Å². The van der Waals surface area contributed by atoms with E-state index in [0.29, 0.717) is 35.3 Å². The summed E-state index contributed by atoms with van der Waals surface area (Å²) in [6.07, 6.45) is 0.430. The number of nitrogens with zero attached hydrogens (tertiary/aromatic N) is 2. The predicted molar refractivity (Wildman–Crippen MR) is 91.9 cm³/mol. The first-order valence-electron chi connectivity index (χ1n) is 7.39. The molecular weight excluding hydrogens is 328 g/mol. The Morgan fingerprint density at radius 3 is 2.58 bits per heavy atom. The molecule has 0 saturated heterocycles. The van der Waals surface area contributed by atoms with Crippen LogP contribution >= 0.6 is 11.6 Å². The number of halogens is 1. The molecule has 24 heavy (non-hydrogen) atoms. The van der Waals surface area contributed by atoms with Crippen LogP contribution in [0.3, 0.4) is 0 Å². The SMILES string of the molecule is O=C(NCCc1nnc(-c2ccccc2Cl)o1)Nc1ccccc1. The van der Waals surface area contributed by atoms with Gasteiger partial charge in [0.2, 0.25) is 11.8 Å². The van der Waals surface area contributed by atoms with Crippen molar-refractivity contribution >= 4 is 23.3 Å². The summed E-state index contributed by atoms with van der Waals surface area (Å²) in [5, 5.41) is 14.0. The van der Waals surface area contributed by atoms with E-state index in [1.54, 1.807) is 6.07 Å². The molecule has 2 N–H and O–H groups in total. The largest absolute Gasteiger partial charge is 0.421 e. The number of amides is 2. The van der Waals surface area contributed by atoms with Crippen molar-refractivity contribution in [3.8, 4) is 11.5 Å². The van der Waals surface area contributed by atoms with E-state index in [4.69, 9.17) is 16.0 Å². The van der Waals surface area contributed by atoms with Gasteiger partial charge in [-0.2, -0.15) is 0 Å². The second-order valence-electron chi connectivity index (χ2n) is 4.98. The van der Waals surface area contributed by atoms with Gasteiger partial charge in [-0.15, -0.1) is 10.2 Å². The number of carbonyl (C=O) groups excluding carboxylic acids is 1. The van der Waals surface area contributed by atoms with Crippen LogP contribution in [0.2, 0.25) is 5.02 Å². The van der Waals surface area contributed by atoms with Crippen LogP contribution in [0.4, 0.5) is 10.5 Å². The van der Waals surface area contributed by atoms with Crippen molar-refractivity contribution in [3.63, 3.8) is 0 Å². The van der Waals surface area contributed by atoms with Crippen molar-refractivity contribution in [2.45, 2.75) is 6.42 Å². The molecule has 3 aromatic rings. The molecule has 3 rings (SSSR count). The van der Waals surface area contributed by atoms with Crippen LogP contribution in [-0.4, -0.2) is 22.8 Å². The van der Waals surface area contributed by atoms with E-state index in [1.165, 1.54) is 0 Å². The summed E-state index contributed by atoms with van der Waals surface area (Å²) < 4.78 is 5.57. The van der Waals surface area contributed by atoms with Crippen LogP contribution in [0.1, 0.15) is 5.89 Å². The molecule has 2 amide bonds. The summed E-state index contributed by atoms with van der Waals surface area (Å²) in [4.78, 5) is 11.8. The molecule has 2 aromatic carbocycles. The van der Waals surface area contributed by atoms with E-state index < -0.39 is 0 Å².